The minimum Gasteiger partial charge on any atom is -0.396 e. The van der Waals surface area contributed by atoms with Crippen LogP contribution in [0.2, 0.25) is 0 Å². The Bertz CT molecular complexity index is 1140. The third-order valence-corrected chi connectivity index (χ3v) is 8.85. The molecule has 2 aromatic heterocycles. The van der Waals surface area contributed by atoms with Crippen LogP contribution in [0.25, 0.3) is 10.9 Å². The van der Waals surface area contributed by atoms with Crippen molar-refractivity contribution in [1.82, 2.24) is 4.98 Å². The highest BCUT2D eigenvalue weighted by Crippen LogP contribution is 2.36. The van der Waals surface area contributed by atoms with Crippen molar-refractivity contribution in [1.29, 1.82) is 0 Å². The van der Waals surface area contributed by atoms with Gasteiger partial charge in [0.25, 0.3) is 10.0 Å². The number of thiophene rings is 1. The molecule has 0 bridgehead atoms. The van der Waals surface area contributed by atoms with Gasteiger partial charge in [0.2, 0.25) is 0 Å². The maximum Gasteiger partial charge on any atom is 0.328 e. The summed E-state index contributed by atoms with van der Waals surface area (Å²) in [5.41, 5.74) is 0.824. The number of aromatic nitrogens is 1. The molecule has 3 aromatic rings. The van der Waals surface area contributed by atoms with Crippen LogP contribution < -0.4 is 4.31 Å². The number of hydrogen-bond acceptors (Lipinski definition) is 6. The van der Waals surface area contributed by atoms with Gasteiger partial charge in [-0.15, -0.1) is 11.3 Å². The molecule has 6 nitrogen and oxygen atoms in total. The van der Waals surface area contributed by atoms with Gasteiger partial charge in [0.1, 0.15) is 9.25 Å². The minimum atomic E-state index is -4.41. The molecule has 29 heavy (non-hydrogen) atoms. The van der Waals surface area contributed by atoms with E-state index in [0.29, 0.717) is 29.6 Å². The van der Waals surface area contributed by atoms with E-state index in [1.165, 1.54) is 35.3 Å². The van der Waals surface area contributed by atoms with Crippen LogP contribution in [0.1, 0.15) is 12.1 Å². The standard InChI is InChI=1S/C18H17F2N3O3S3/c19-18(20)23(29(25,26)15-5-2-8-27-15)14-4-1-3-11-9-13(22-16(11)14)17-21-10-12(28-17)6-7-24/h1-5,8-9,12,18,22,24H,6-7,10H2. The Kier molecular flexibility index (Phi) is 5.65. The molecule has 0 saturated carbocycles. The van der Waals surface area contributed by atoms with Crippen LogP contribution in [-0.4, -0.2) is 48.5 Å². The molecular weight excluding hydrogens is 440 g/mol. The second kappa shape index (κ2) is 8.05. The monoisotopic (exact) mass is 457 g/mol. The molecule has 1 unspecified atom stereocenters. The van der Waals surface area contributed by atoms with Crippen LogP contribution in [0.5, 0.6) is 0 Å². The molecule has 1 aliphatic heterocycles. The predicted molar refractivity (Wildman–Crippen MR) is 113 cm³/mol. The number of sulfonamides is 1. The number of aliphatic hydroxyl groups is 1. The number of aliphatic imine (C=N–C) groups is 1. The number of fused-ring (bicyclic) bond motifs is 1. The topological polar surface area (TPSA) is 85.8 Å². The van der Waals surface area contributed by atoms with Gasteiger partial charge in [-0.3, -0.25) is 4.99 Å². The normalized spacial score (nSPS) is 17.2. The van der Waals surface area contributed by atoms with Crippen molar-refractivity contribution in [2.45, 2.75) is 22.4 Å². The first-order chi connectivity index (χ1) is 13.9. The van der Waals surface area contributed by atoms with Gasteiger partial charge in [-0.2, -0.15) is 8.78 Å². The third-order valence-electron chi connectivity index (χ3n) is 4.46. The summed E-state index contributed by atoms with van der Waals surface area (Å²) < 4.78 is 53.6. The molecule has 0 radical (unpaired) electrons. The lowest BCUT2D eigenvalue weighted by Gasteiger charge is -2.23. The van der Waals surface area contributed by atoms with E-state index < -0.39 is 16.6 Å². The molecule has 1 aliphatic rings. The third kappa shape index (κ3) is 3.79. The summed E-state index contributed by atoms with van der Waals surface area (Å²) in [6.45, 7) is -2.61. The molecule has 0 fully saturated rings. The Labute approximate surface area is 174 Å². The SMILES string of the molecule is O=S(=O)(c1cccs1)N(c1cccc2cc(C3=NCC(CCO)S3)[nH]c12)C(F)F. The number of alkyl halides is 2. The summed E-state index contributed by atoms with van der Waals surface area (Å²) in [6, 6.07) is 9.22. The molecule has 4 rings (SSSR count). The van der Waals surface area contributed by atoms with Crippen molar-refractivity contribution in [2.75, 3.05) is 17.5 Å². The lowest BCUT2D eigenvalue weighted by Crippen LogP contribution is -2.35. The zero-order valence-corrected chi connectivity index (χ0v) is 17.4. The first kappa shape index (κ1) is 20.3. The number of para-hydroxylation sites is 1. The van der Waals surface area contributed by atoms with Gasteiger partial charge in [-0.1, -0.05) is 30.0 Å². The maximum absolute atomic E-state index is 13.9. The maximum atomic E-state index is 13.9. The molecule has 11 heteroatoms. The molecule has 154 valence electrons. The van der Waals surface area contributed by atoms with E-state index in [1.807, 2.05) is 0 Å². The van der Waals surface area contributed by atoms with Crippen molar-refractivity contribution in [3.8, 4) is 0 Å². The summed E-state index contributed by atoms with van der Waals surface area (Å²) in [4.78, 5) is 7.53. The van der Waals surface area contributed by atoms with Gasteiger partial charge < -0.3 is 10.1 Å². The molecule has 0 spiro atoms. The fourth-order valence-electron chi connectivity index (χ4n) is 3.15. The fourth-order valence-corrected chi connectivity index (χ4v) is 6.63. The number of aromatic amines is 1. The Morgan fingerprint density at radius 1 is 1.31 bits per heavy atom. The van der Waals surface area contributed by atoms with Crippen molar-refractivity contribution in [2.24, 2.45) is 4.99 Å². The Hall–Kier alpha value is -1.95. The highest BCUT2D eigenvalue weighted by atomic mass is 32.2. The quantitative estimate of drug-likeness (QED) is 0.527. The van der Waals surface area contributed by atoms with Crippen LogP contribution in [-0.2, 0) is 10.0 Å². The molecule has 3 heterocycles. The molecule has 1 atom stereocenters. The highest BCUT2D eigenvalue weighted by molar-refractivity contribution is 8.15. The van der Waals surface area contributed by atoms with E-state index in [9.17, 15) is 17.2 Å². The van der Waals surface area contributed by atoms with Crippen molar-refractivity contribution >= 4 is 54.8 Å². The molecule has 0 aliphatic carbocycles. The summed E-state index contributed by atoms with van der Waals surface area (Å²) in [7, 11) is -4.41. The second-order valence-electron chi connectivity index (χ2n) is 6.33. The average molecular weight is 458 g/mol. The van der Waals surface area contributed by atoms with Gasteiger partial charge in [0, 0.05) is 17.2 Å². The van der Waals surface area contributed by atoms with Crippen LogP contribution in [0.15, 0.2) is 51.0 Å². The van der Waals surface area contributed by atoms with Gasteiger partial charge in [0.15, 0.2) is 0 Å². The van der Waals surface area contributed by atoms with E-state index in [1.54, 1.807) is 18.2 Å². The first-order valence-corrected chi connectivity index (χ1v) is 11.9. The smallest absolute Gasteiger partial charge is 0.328 e. The van der Waals surface area contributed by atoms with Crippen molar-refractivity contribution in [3.05, 3.63) is 47.5 Å². The number of H-pyrrole nitrogens is 1. The van der Waals surface area contributed by atoms with Crippen molar-refractivity contribution in [3.63, 3.8) is 0 Å². The lowest BCUT2D eigenvalue weighted by atomic mass is 10.2. The first-order valence-electron chi connectivity index (χ1n) is 8.72. The lowest BCUT2D eigenvalue weighted by molar-refractivity contribution is 0.162. The summed E-state index contributed by atoms with van der Waals surface area (Å²) in [5.74, 6) is 0. The number of thioether (sulfide) groups is 1. The Balaban J connectivity index is 1.77. The number of aliphatic hydroxyl groups excluding tert-OH is 1. The molecule has 2 N–H and O–H groups in total. The summed E-state index contributed by atoms with van der Waals surface area (Å²) >= 11 is 2.40. The van der Waals surface area contributed by atoms with Gasteiger partial charge in [0.05, 0.1) is 23.4 Å². The number of rotatable bonds is 7. The molecular formula is C18H17F2N3O3S3. The largest absolute Gasteiger partial charge is 0.396 e. The van der Waals surface area contributed by atoms with E-state index >= 15 is 0 Å². The molecule has 1 aromatic carbocycles. The van der Waals surface area contributed by atoms with Gasteiger partial charge in [-0.25, -0.2) is 12.7 Å². The summed E-state index contributed by atoms with van der Waals surface area (Å²) in [5, 5.41) is 12.1. The van der Waals surface area contributed by atoms with E-state index in [0.717, 1.165) is 16.4 Å². The van der Waals surface area contributed by atoms with Crippen LogP contribution in [0.3, 0.4) is 0 Å². The van der Waals surface area contributed by atoms with Gasteiger partial charge >= 0.3 is 6.55 Å². The van der Waals surface area contributed by atoms with E-state index in [-0.39, 0.29) is 26.1 Å². The van der Waals surface area contributed by atoms with Crippen molar-refractivity contribution < 1.29 is 22.3 Å². The number of halogens is 2. The summed E-state index contributed by atoms with van der Waals surface area (Å²) in [6.07, 6.45) is 0.612. The van der Waals surface area contributed by atoms with Gasteiger partial charge in [-0.05, 0) is 30.0 Å². The minimum absolute atomic E-state index is 0.0707. The molecule has 0 amide bonds. The zero-order valence-electron chi connectivity index (χ0n) is 15.0. The fraction of sp³-hybridized carbons (Fsp3) is 0.278. The predicted octanol–water partition coefficient (Wildman–Crippen LogP) is 3.89. The average Bonchev–Trinajstić information content (AvgIpc) is 3.42. The molecule has 0 saturated heterocycles. The second-order valence-corrected chi connectivity index (χ2v) is 10.6. The Morgan fingerprint density at radius 2 is 2.14 bits per heavy atom. The number of anilines is 1. The van der Waals surface area contributed by atoms with Crippen LogP contribution in [0, 0.1) is 0 Å². The van der Waals surface area contributed by atoms with E-state index in [2.05, 4.69) is 9.98 Å². The Morgan fingerprint density at radius 3 is 2.83 bits per heavy atom. The van der Waals surface area contributed by atoms with Crippen LogP contribution >= 0.6 is 23.1 Å². The number of nitrogens with zero attached hydrogens (tertiary/aromatic N) is 2. The number of benzene rings is 1. The number of nitrogens with one attached hydrogen (secondary N) is 1. The zero-order chi connectivity index (χ0) is 20.6. The van der Waals surface area contributed by atoms with E-state index in [4.69, 9.17) is 5.11 Å². The highest BCUT2D eigenvalue weighted by Gasteiger charge is 2.34. The number of hydrogen-bond donors (Lipinski definition) is 2. The van der Waals surface area contributed by atoms with Crippen LogP contribution in [0.4, 0.5) is 14.5 Å².